The van der Waals surface area contributed by atoms with Crippen LogP contribution in [-0.4, -0.2) is 19.6 Å². The SMILES string of the molecule is O=S(=O)(NC1CCCCC1)c1ccc2onc(Nc3ccc(F)cc3)c2c1. The number of hydrogen-bond acceptors (Lipinski definition) is 5. The number of aromatic nitrogens is 1. The first-order valence-corrected chi connectivity index (χ1v) is 10.4. The van der Waals surface area contributed by atoms with Crippen LogP contribution in [0.3, 0.4) is 0 Å². The molecule has 0 bridgehead atoms. The molecule has 2 N–H and O–H groups in total. The fourth-order valence-corrected chi connectivity index (χ4v) is 4.68. The second-order valence-electron chi connectivity index (χ2n) is 6.78. The zero-order chi connectivity index (χ0) is 18.9. The van der Waals surface area contributed by atoms with Crippen molar-refractivity contribution in [3.05, 3.63) is 48.3 Å². The smallest absolute Gasteiger partial charge is 0.240 e. The average Bonchev–Trinajstić information content (AvgIpc) is 3.06. The molecule has 1 aliphatic rings. The Morgan fingerprint density at radius 2 is 1.78 bits per heavy atom. The van der Waals surface area contributed by atoms with Gasteiger partial charge in [-0.2, -0.15) is 0 Å². The minimum atomic E-state index is -3.62. The molecule has 1 aromatic heterocycles. The van der Waals surface area contributed by atoms with Gasteiger partial charge < -0.3 is 9.84 Å². The zero-order valence-electron chi connectivity index (χ0n) is 14.6. The molecule has 0 aliphatic heterocycles. The van der Waals surface area contributed by atoms with Gasteiger partial charge >= 0.3 is 0 Å². The highest BCUT2D eigenvalue weighted by Gasteiger charge is 2.23. The van der Waals surface area contributed by atoms with Crippen LogP contribution in [0.2, 0.25) is 0 Å². The maximum absolute atomic E-state index is 13.1. The van der Waals surface area contributed by atoms with Crippen LogP contribution in [0.25, 0.3) is 11.0 Å². The highest BCUT2D eigenvalue weighted by atomic mass is 32.2. The lowest BCUT2D eigenvalue weighted by atomic mass is 9.96. The molecule has 4 rings (SSSR count). The van der Waals surface area contributed by atoms with Crippen LogP contribution in [0.5, 0.6) is 0 Å². The van der Waals surface area contributed by atoms with Crippen molar-refractivity contribution in [3.63, 3.8) is 0 Å². The van der Waals surface area contributed by atoms with E-state index in [4.69, 9.17) is 4.52 Å². The lowest BCUT2D eigenvalue weighted by Gasteiger charge is -2.22. The number of anilines is 2. The Kier molecular flexibility index (Phi) is 4.84. The largest absolute Gasteiger partial charge is 0.354 e. The molecule has 2 aromatic carbocycles. The van der Waals surface area contributed by atoms with Gasteiger partial charge in [0.15, 0.2) is 11.4 Å². The molecule has 27 heavy (non-hydrogen) atoms. The first kappa shape index (κ1) is 17.9. The third kappa shape index (κ3) is 3.96. The van der Waals surface area contributed by atoms with Gasteiger partial charge in [-0.3, -0.25) is 0 Å². The number of nitrogens with one attached hydrogen (secondary N) is 2. The molecule has 1 saturated carbocycles. The maximum atomic E-state index is 13.1. The lowest BCUT2D eigenvalue weighted by molar-refractivity contribution is 0.412. The first-order valence-electron chi connectivity index (χ1n) is 8.96. The Labute approximate surface area is 156 Å². The van der Waals surface area contributed by atoms with Crippen molar-refractivity contribution in [1.29, 1.82) is 0 Å². The summed E-state index contributed by atoms with van der Waals surface area (Å²) in [5.74, 6) is 0.0408. The summed E-state index contributed by atoms with van der Waals surface area (Å²) in [5, 5.41) is 7.53. The molecule has 1 heterocycles. The average molecular weight is 389 g/mol. The van der Waals surface area contributed by atoms with Crippen molar-refractivity contribution in [2.75, 3.05) is 5.32 Å². The summed E-state index contributed by atoms with van der Waals surface area (Å²) in [4.78, 5) is 0.172. The summed E-state index contributed by atoms with van der Waals surface area (Å²) in [7, 11) is -3.62. The van der Waals surface area contributed by atoms with E-state index in [1.807, 2.05) is 0 Å². The Balaban J connectivity index is 1.61. The Morgan fingerprint density at radius 3 is 2.52 bits per heavy atom. The third-order valence-corrected chi connectivity index (χ3v) is 6.30. The van der Waals surface area contributed by atoms with Gasteiger partial charge in [0, 0.05) is 11.7 Å². The molecule has 0 spiro atoms. The first-order chi connectivity index (χ1) is 13.0. The van der Waals surface area contributed by atoms with Gasteiger partial charge in [-0.15, -0.1) is 0 Å². The number of rotatable bonds is 5. The van der Waals surface area contributed by atoms with Gasteiger partial charge in [0.1, 0.15) is 5.82 Å². The van der Waals surface area contributed by atoms with Gasteiger partial charge in [-0.25, -0.2) is 17.5 Å². The minimum absolute atomic E-state index is 0.0151. The third-order valence-electron chi connectivity index (χ3n) is 4.79. The van der Waals surface area contributed by atoms with E-state index >= 15 is 0 Å². The summed E-state index contributed by atoms with van der Waals surface area (Å²) in [6.45, 7) is 0. The minimum Gasteiger partial charge on any atom is -0.354 e. The van der Waals surface area contributed by atoms with Crippen LogP contribution >= 0.6 is 0 Å². The summed E-state index contributed by atoms with van der Waals surface area (Å²) < 4.78 is 46.6. The summed E-state index contributed by atoms with van der Waals surface area (Å²) in [6, 6.07) is 10.4. The molecule has 0 radical (unpaired) electrons. The topological polar surface area (TPSA) is 84.2 Å². The van der Waals surface area contributed by atoms with Crippen LogP contribution in [0.15, 0.2) is 51.9 Å². The van der Waals surface area contributed by atoms with Gasteiger partial charge in [0.2, 0.25) is 10.0 Å². The number of benzene rings is 2. The van der Waals surface area contributed by atoms with Crippen LogP contribution in [0.1, 0.15) is 32.1 Å². The molecule has 0 unspecified atom stereocenters. The molecule has 0 amide bonds. The van der Waals surface area contributed by atoms with E-state index in [0.29, 0.717) is 22.5 Å². The number of sulfonamides is 1. The Morgan fingerprint density at radius 1 is 1.04 bits per heavy atom. The predicted octanol–water partition coefficient (Wildman–Crippen LogP) is 4.32. The molecular weight excluding hydrogens is 369 g/mol. The van der Waals surface area contributed by atoms with Crippen molar-refractivity contribution in [2.24, 2.45) is 0 Å². The second-order valence-corrected chi connectivity index (χ2v) is 8.49. The van der Waals surface area contributed by atoms with Crippen LogP contribution in [0.4, 0.5) is 15.9 Å². The number of hydrogen-bond donors (Lipinski definition) is 2. The van der Waals surface area contributed by atoms with E-state index in [9.17, 15) is 12.8 Å². The number of fused-ring (bicyclic) bond motifs is 1. The van der Waals surface area contributed by atoms with Crippen LogP contribution in [-0.2, 0) is 10.0 Å². The van der Waals surface area contributed by atoms with Crippen LogP contribution < -0.4 is 10.0 Å². The normalized spacial score (nSPS) is 15.9. The Hall–Kier alpha value is -2.45. The van der Waals surface area contributed by atoms with E-state index in [2.05, 4.69) is 15.2 Å². The van der Waals surface area contributed by atoms with Gasteiger partial charge in [0.25, 0.3) is 0 Å². The van der Waals surface area contributed by atoms with Crippen molar-refractivity contribution < 1.29 is 17.3 Å². The summed E-state index contributed by atoms with van der Waals surface area (Å²) in [6.07, 6.45) is 4.98. The van der Waals surface area contributed by atoms with Crippen LogP contribution in [0, 0.1) is 5.82 Å². The van der Waals surface area contributed by atoms with E-state index in [-0.39, 0.29) is 16.8 Å². The van der Waals surface area contributed by atoms with Crippen molar-refractivity contribution >= 4 is 32.5 Å². The molecule has 6 nitrogen and oxygen atoms in total. The summed E-state index contributed by atoms with van der Waals surface area (Å²) in [5.41, 5.74) is 1.09. The quantitative estimate of drug-likeness (QED) is 0.679. The molecule has 8 heteroatoms. The lowest BCUT2D eigenvalue weighted by Crippen LogP contribution is -2.36. The Bertz CT molecular complexity index is 1040. The molecule has 0 saturated heterocycles. The van der Waals surface area contributed by atoms with E-state index < -0.39 is 10.0 Å². The van der Waals surface area contributed by atoms with Gasteiger partial charge in [-0.05, 0) is 55.3 Å². The monoisotopic (exact) mass is 389 g/mol. The van der Waals surface area contributed by atoms with Crippen molar-refractivity contribution in [2.45, 2.75) is 43.0 Å². The highest BCUT2D eigenvalue weighted by Crippen LogP contribution is 2.29. The number of nitrogens with zero attached hydrogens (tertiary/aromatic N) is 1. The maximum Gasteiger partial charge on any atom is 0.240 e. The molecule has 3 aromatic rings. The van der Waals surface area contributed by atoms with E-state index in [0.717, 1.165) is 32.1 Å². The van der Waals surface area contributed by atoms with E-state index in [1.54, 1.807) is 24.3 Å². The van der Waals surface area contributed by atoms with Gasteiger partial charge in [0.05, 0.1) is 10.3 Å². The van der Waals surface area contributed by atoms with Crippen molar-refractivity contribution in [1.82, 2.24) is 9.88 Å². The molecule has 0 atom stereocenters. The second kappa shape index (κ2) is 7.28. The van der Waals surface area contributed by atoms with E-state index in [1.165, 1.54) is 18.2 Å². The van der Waals surface area contributed by atoms with Crippen molar-refractivity contribution in [3.8, 4) is 0 Å². The zero-order valence-corrected chi connectivity index (χ0v) is 15.4. The summed E-state index contributed by atoms with van der Waals surface area (Å²) >= 11 is 0. The standard InChI is InChI=1S/C19H20FN3O3S/c20-13-6-8-14(9-7-13)21-19-17-12-16(10-11-18(17)26-22-19)27(24,25)23-15-4-2-1-3-5-15/h6-12,15,23H,1-5H2,(H,21,22). The number of halogens is 1. The highest BCUT2D eigenvalue weighted by molar-refractivity contribution is 7.89. The fraction of sp³-hybridized carbons (Fsp3) is 0.316. The molecule has 1 fully saturated rings. The molecule has 142 valence electrons. The fourth-order valence-electron chi connectivity index (χ4n) is 3.35. The molecule has 1 aliphatic carbocycles. The predicted molar refractivity (Wildman–Crippen MR) is 101 cm³/mol. The van der Waals surface area contributed by atoms with Gasteiger partial charge in [-0.1, -0.05) is 24.4 Å². The molecular formula is C19H20FN3O3S.